The molecule has 8 nitrogen and oxygen atoms in total. The molecule has 144 valence electrons. The third-order valence-corrected chi connectivity index (χ3v) is 5.03. The number of hydrogen-bond acceptors (Lipinski definition) is 6. The first-order valence-corrected chi connectivity index (χ1v) is 9.64. The average Bonchev–Trinajstić information content (AvgIpc) is 2.95. The van der Waals surface area contributed by atoms with E-state index in [1.165, 1.54) is 0 Å². The van der Waals surface area contributed by atoms with Gasteiger partial charge in [-0.2, -0.15) is 0 Å². The van der Waals surface area contributed by atoms with Crippen molar-refractivity contribution in [2.45, 2.75) is 46.6 Å². The Balaban J connectivity index is 1.98. The molecule has 9 heteroatoms. The van der Waals surface area contributed by atoms with E-state index < -0.39 is 5.97 Å². The molecule has 0 spiro atoms. The van der Waals surface area contributed by atoms with Crippen molar-refractivity contribution in [1.29, 1.82) is 0 Å². The van der Waals surface area contributed by atoms with Crippen LogP contribution in [0, 0.1) is 12.8 Å². The summed E-state index contributed by atoms with van der Waals surface area (Å²) in [5.41, 5.74) is 0.533. The van der Waals surface area contributed by atoms with Crippen LogP contribution in [0.15, 0.2) is 0 Å². The van der Waals surface area contributed by atoms with Gasteiger partial charge in [-0.15, -0.1) is 0 Å². The first-order chi connectivity index (χ1) is 12.3. The number of anilines is 1. The van der Waals surface area contributed by atoms with Crippen LogP contribution in [-0.2, 0) is 9.53 Å². The molecule has 1 aliphatic heterocycles. The molecule has 3 amide bonds. The second-order valence-electron chi connectivity index (χ2n) is 6.53. The van der Waals surface area contributed by atoms with Crippen LogP contribution in [0.5, 0.6) is 0 Å². The number of nitrogens with one attached hydrogen (secondary N) is 2. The molecule has 0 aromatic carbocycles. The fraction of sp³-hybridized carbons (Fsp3) is 0.647. The molecular formula is C17H26N4O4S. The molecule has 1 fully saturated rings. The summed E-state index contributed by atoms with van der Waals surface area (Å²) in [6.07, 6.45) is 1.49. The second-order valence-corrected chi connectivity index (χ2v) is 7.53. The zero-order valence-electron chi connectivity index (χ0n) is 15.6. The lowest BCUT2D eigenvalue weighted by Gasteiger charge is -2.32. The topological polar surface area (TPSA) is 101 Å². The first-order valence-electron chi connectivity index (χ1n) is 8.82. The number of rotatable bonds is 5. The molecule has 2 rings (SSSR count). The van der Waals surface area contributed by atoms with E-state index in [0.29, 0.717) is 35.2 Å². The van der Waals surface area contributed by atoms with Crippen LogP contribution < -0.4 is 10.6 Å². The normalized spacial score (nSPS) is 17.1. The number of carbonyl (C=O) groups excluding carboxylic acids is 3. The SMILES string of the molecule is CCOC(=O)c1sc(NC(=O)[C@H]2CCCN(C(=O)NC(C)C)C2)nc1C. The summed E-state index contributed by atoms with van der Waals surface area (Å²) in [5.74, 6) is -0.912. The lowest BCUT2D eigenvalue weighted by atomic mass is 9.97. The maximum Gasteiger partial charge on any atom is 0.350 e. The minimum atomic E-state index is -0.433. The number of ether oxygens (including phenoxy) is 1. The van der Waals surface area contributed by atoms with Gasteiger partial charge in [0.15, 0.2) is 5.13 Å². The highest BCUT2D eigenvalue weighted by Gasteiger charge is 2.29. The number of esters is 1. The Labute approximate surface area is 157 Å². The van der Waals surface area contributed by atoms with E-state index in [4.69, 9.17) is 4.74 Å². The highest BCUT2D eigenvalue weighted by Crippen LogP contribution is 2.25. The van der Waals surface area contributed by atoms with Crippen molar-refractivity contribution >= 4 is 34.4 Å². The molecule has 1 atom stereocenters. The zero-order chi connectivity index (χ0) is 19.3. The lowest BCUT2D eigenvalue weighted by molar-refractivity contribution is -0.121. The Morgan fingerprint density at radius 3 is 2.77 bits per heavy atom. The van der Waals surface area contributed by atoms with Crippen LogP contribution in [-0.4, -0.2) is 53.5 Å². The molecule has 0 unspecified atom stereocenters. The number of nitrogens with zero attached hydrogens (tertiary/aromatic N) is 2. The van der Waals surface area contributed by atoms with Crippen LogP contribution in [0.2, 0.25) is 0 Å². The lowest BCUT2D eigenvalue weighted by Crippen LogP contribution is -2.49. The summed E-state index contributed by atoms with van der Waals surface area (Å²) in [6.45, 7) is 8.55. The fourth-order valence-corrected chi connectivity index (χ4v) is 3.62. The Morgan fingerprint density at radius 2 is 2.12 bits per heavy atom. The number of amides is 3. The molecule has 1 aromatic rings. The quantitative estimate of drug-likeness (QED) is 0.762. The number of carbonyl (C=O) groups is 3. The van der Waals surface area contributed by atoms with Crippen molar-refractivity contribution < 1.29 is 19.1 Å². The molecule has 0 aliphatic carbocycles. The number of hydrogen-bond donors (Lipinski definition) is 2. The van der Waals surface area contributed by atoms with Gasteiger partial charge in [-0.3, -0.25) is 4.79 Å². The minimum absolute atomic E-state index is 0.0521. The Morgan fingerprint density at radius 1 is 1.38 bits per heavy atom. The summed E-state index contributed by atoms with van der Waals surface area (Å²) in [6, 6.07) is -0.0940. The zero-order valence-corrected chi connectivity index (χ0v) is 16.4. The molecule has 0 bridgehead atoms. The molecule has 1 aromatic heterocycles. The summed E-state index contributed by atoms with van der Waals surface area (Å²) < 4.78 is 4.98. The van der Waals surface area contributed by atoms with E-state index in [-0.39, 0.29) is 30.5 Å². The first kappa shape index (κ1) is 20.2. The van der Waals surface area contributed by atoms with Crippen molar-refractivity contribution in [2.24, 2.45) is 5.92 Å². The monoisotopic (exact) mass is 382 g/mol. The van der Waals surface area contributed by atoms with Gasteiger partial charge in [-0.05, 0) is 40.5 Å². The molecule has 0 saturated carbocycles. The largest absolute Gasteiger partial charge is 0.462 e. The predicted molar refractivity (Wildman–Crippen MR) is 99.4 cm³/mol. The average molecular weight is 382 g/mol. The smallest absolute Gasteiger partial charge is 0.350 e. The van der Waals surface area contributed by atoms with E-state index >= 15 is 0 Å². The van der Waals surface area contributed by atoms with Crippen molar-refractivity contribution in [2.75, 3.05) is 25.0 Å². The predicted octanol–water partition coefficient (Wildman–Crippen LogP) is 2.40. The van der Waals surface area contributed by atoms with Gasteiger partial charge < -0.3 is 20.3 Å². The summed E-state index contributed by atoms with van der Waals surface area (Å²) in [5, 5.41) is 6.00. The molecule has 0 radical (unpaired) electrons. The fourth-order valence-electron chi connectivity index (χ4n) is 2.76. The van der Waals surface area contributed by atoms with Crippen LogP contribution in [0.4, 0.5) is 9.93 Å². The van der Waals surface area contributed by atoms with Gasteiger partial charge in [0.25, 0.3) is 0 Å². The van der Waals surface area contributed by atoms with E-state index in [1.54, 1.807) is 18.7 Å². The highest BCUT2D eigenvalue weighted by atomic mass is 32.1. The molecule has 26 heavy (non-hydrogen) atoms. The van der Waals surface area contributed by atoms with Gasteiger partial charge in [-0.1, -0.05) is 11.3 Å². The number of aryl methyl sites for hydroxylation is 1. The highest BCUT2D eigenvalue weighted by molar-refractivity contribution is 7.17. The van der Waals surface area contributed by atoms with E-state index in [0.717, 1.165) is 17.8 Å². The van der Waals surface area contributed by atoms with Crippen LogP contribution in [0.25, 0.3) is 0 Å². The van der Waals surface area contributed by atoms with Crippen molar-refractivity contribution in [3.63, 3.8) is 0 Å². The Hall–Kier alpha value is -2.16. The van der Waals surface area contributed by atoms with E-state index in [2.05, 4.69) is 15.6 Å². The number of thiazole rings is 1. The van der Waals surface area contributed by atoms with Gasteiger partial charge in [0.2, 0.25) is 5.91 Å². The molecule has 1 saturated heterocycles. The van der Waals surface area contributed by atoms with Gasteiger partial charge in [0.1, 0.15) is 4.88 Å². The van der Waals surface area contributed by atoms with Crippen LogP contribution in [0.1, 0.15) is 49.0 Å². The maximum atomic E-state index is 12.6. The summed E-state index contributed by atoms with van der Waals surface area (Å²) in [7, 11) is 0. The van der Waals surface area contributed by atoms with Gasteiger partial charge in [0, 0.05) is 19.1 Å². The molecule has 2 N–H and O–H groups in total. The van der Waals surface area contributed by atoms with E-state index in [1.807, 2.05) is 13.8 Å². The summed E-state index contributed by atoms with van der Waals surface area (Å²) >= 11 is 1.10. The van der Waals surface area contributed by atoms with Gasteiger partial charge >= 0.3 is 12.0 Å². The van der Waals surface area contributed by atoms with Crippen LogP contribution in [0.3, 0.4) is 0 Å². The van der Waals surface area contributed by atoms with Crippen LogP contribution >= 0.6 is 11.3 Å². The Bertz CT molecular complexity index is 674. The number of piperidine rings is 1. The van der Waals surface area contributed by atoms with Crippen molar-refractivity contribution in [3.8, 4) is 0 Å². The molecule has 1 aliphatic rings. The van der Waals surface area contributed by atoms with Crippen molar-refractivity contribution in [1.82, 2.24) is 15.2 Å². The van der Waals surface area contributed by atoms with Crippen molar-refractivity contribution in [3.05, 3.63) is 10.6 Å². The second kappa shape index (κ2) is 8.98. The minimum Gasteiger partial charge on any atom is -0.462 e. The number of urea groups is 1. The van der Waals surface area contributed by atoms with Gasteiger partial charge in [0.05, 0.1) is 18.2 Å². The molecule has 2 heterocycles. The number of likely N-dealkylation sites (tertiary alicyclic amines) is 1. The third kappa shape index (κ3) is 5.17. The summed E-state index contributed by atoms with van der Waals surface area (Å²) in [4.78, 5) is 42.9. The molecular weight excluding hydrogens is 356 g/mol. The van der Waals surface area contributed by atoms with E-state index in [9.17, 15) is 14.4 Å². The Kier molecular flexibility index (Phi) is 6.96. The standard InChI is InChI=1S/C17H26N4O4S/c1-5-25-15(23)13-11(4)19-16(26-13)20-14(22)12-7-6-8-21(9-12)17(24)18-10(2)3/h10,12H,5-9H2,1-4H3,(H,18,24)(H,19,20,22)/t12-/m0/s1. The maximum absolute atomic E-state index is 12.6. The van der Waals surface area contributed by atoms with Gasteiger partial charge in [-0.25, -0.2) is 14.6 Å². The number of aromatic nitrogens is 1. The third-order valence-electron chi connectivity index (χ3n) is 3.98.